The Balaban J connectivity index is 1.85. The van der Waals surface area contributed by atoms with Crippen LogP contribution < -0.4 is 14.2 Å². The maximum atomic E-state index is 11.7. The van der Waals surface area contributed by atoms with Gasteiger partial charge in [-0.2, -0.15) is 0 Å². The number of carbonyl (C=O) groups excluding carboxylic acids is 2. The van der Waals surface area contributed by atoms with Gasteiger partial charge in [-0.05, 0) is 55.4 Å². The highest BCUT2D eigenvalue weighted by Crippen LogP contribution is 2.67. The van der Waals surface area contributed by atoms with E-state index in [4.69, 9.17) is 18.9 Å². The molecule has 1 aliphatic heterocycles. The molecule has 2 fully saturated rings. The predicted octanol–water partition coefficient (Wildman–Crippen LogP) is 5.62. The Kier molecular flexibility index (Phi) is 5.60. The number of hydrogen-bond donors (Lipinski definition) is 0. The van der Waals surface area contributed by atoms with Crippen molar-refractivity contribution in [2.45, 2.75) is 85.4 Å². The molecule has 0 bridgehead atoms. The number of fused-ring (bicyclic) bond motifs is 4. The van der Waals surface area contributed by atoms with Gasteiger partial charge in [0.2, 0.25) is 0 Å². The molecular formula is C26H36O6. The van der Waals surface area contributed by atoms with Gasteiger partial charge in [0, 0.05) is 38.5 Å². The maximum Gasteiger partial charge on any atom is 0.308 e. The number of esters is 2. The molecule has 1 unspecified atom stereocenters. The van der Waals surface area contributed by atoms with Crippen LogP contribution in [0.3, 0.4) is 0 Å². The van der Waals surface area contributed by atoms with E-state index in [1.807, 2.05) is 0 Å². The highest BCUT2D eigenvalue weighted by Gasteiger charge is 2.63. The molecule has 5 atom stereocenters. The fourth-order valence-corrected chi connectivity index (χ4v) is 7.35. The standard InChI is InChI=1S/C26H36O6/c1-15(27)30-19-13-17-18(14-20(19)31-16(2)28)32-26(6)12-9-21-24(3,4)10-8-11-25(21,5)23(26)22(17)29-7/h13-14,21-23H,8-12H2,1-7H3/t21?,22-,23-,25+,26+/m1/s1. The molecule has 0 N–H and O–H groups in total. The van der Waals surface area contributed by atoms with Gasteiger partial charge in [0.1, 0.15) is 11.4 Å². The lowest BCUT2D eigenvalue weighted by Crippen LogP contribution is -2.62. The average molecular weight is 445 g/mol. The van der Waals surface area contributed by atoms with Crippen LogP contribution in [-0.2, 0) is 14.3 Å². The number of hydrogen-bond acceptors (Lipinski definition) is 6. The number of ether oxygens (including phenoxy) is 4. The lowest BCUT2D eigenvalue weighted by molar-refractivity contribution is -0.207. The molecule has 6 nitrogen and oxygen atoms in total. The van der Waals surface area contributed by atoms with Crippen molar-refractivity contribution in [1.82, 2.24) is 0 Å². The summed E-state index contributed by atoms with van der Waals surface area (Å²) in [5.74, 6) is 0.782. The molecule has 2 saturated carbocycles. The molecule has 0 radical (unpaired) electrons. The summed E-state index contributed by atoms with van der Waals surface area (Å²) in [5, 5.41) is 0. The molecule has 1 heterocycles. The Hall–Kier alpha value is -2.08. The third-order valence-electron chi connectivity index (χ3n) is 8.36. The Morgan fingerprint density at radius 1 is 0.969 bits per heavy atom. The van der Waals surface area contributed by atoms with Crippen LogP contribution in [0.1, 0.15) is 85.3 Å². The minimum absolute atomic E-state index is 0.0588. The van der Waals surface area contributed by atoms with Gasteiger partial charge < -0.3 is 18.9 Å². The van der Waals surface area contributed by atoms with Crippen molar-refractivity contribution >= 4 is 11.9 Å². The summed E-state index contributed by atoms with van der Waals surface area (Å²) in [7, 11) is 1.74. The summed E-state index contributed by atoms with van der Waals surface area (Å²) in [6.07, 6.45) is 5.42. The highest BCUT2D eigenvalue weighted by atomic mass is 16.6. The van der Waals surface area contributed by atoms with E-state index >= 15 is 0 Å². The Morgan fingerprint density at radius 3 is 2.19 bits per heavy atom. The normalized spacial score (nSPS) is 34.9. The minimum atomic E-state index is -0.487. The second-order valence-electron chi connectivity index (χ2n) is 11.0. The molecule has 4 rings (SSSR count). The first-order valence-corrected chi connectivity index (χ1v) is 11.7. The molecule has 3 aliphatic rings. The van der Waals surface area contributed by atoms with Crippen LogP contribution >= 0.6 is 0 Å². The van der Waals surface area contributed by atoms with E-state index in [2.05, 4.69) is 27.7 Å². The Labute approximate surface area is 190 Å². The molecule has 1 aromatic rings. The smallest absolute Gasteiger partial charge is 0.308 e. The van der Waals surface area contributed by atoms with Crippen molar-refractivity contribution in [3.63, 3.8) is 0 Å². The zero-order valence-corrected chi connectivity index (χ0v) is 20.4. The van der Waals surface area contributed by atoms with Gasteiger partial charge in [-0.15, -0.1) is 0 Å². The van der Waals surface area contributed by atoms with E-state index in [-0.39, 0.29) is 34.4 Å². The zero-order valence-electron chi connectivity index (χ0n) is 20.4. The molecule has 1 aromatic carbocycles. The van der Waals surface area contributed by atoms with Gasteiger partial charge in [-0.25, -0.2) is 0 Å². The van der Waals surface area contributed by atoms with Crippen LogP contribution in [-0.4, -0.2) is 24.6 Å². The largest absolute Gasteiger partial charge is 0.487 e. The molecule has 0 saturated heterocycles. The van der Waals surface area contributed by atoms with Gasteiger partial charge in [0.15, 0.2) is 11.5 Å². The van der Waals surface area contributed by atoms with E-state index in [1.165, 1.54) is 26.7 Å². The van der Waals surface area contributed by atoms with Crippen molar-refractivity contribution in [2.24, 2.45) is 22.7 Å². The van der Waals surface area contributed by atoms with E-state index in [1.54, 1.807) is 19.2 Å². The van der Waals surface area contributed by atoms with Crippen LogP contribution in [0, 0.1) is 22.7 Å². The highest BCUT2D eigenvalue weighted by molar-refractivity contribution is 5.74. The van der Waals surface area contributed by atoms with Crippen LogP contribution in [0.15, 0.2) is 12.1 Å². The molecule has 0 spiro atoms. The topological polar surface area (TPSA) is 71.1 Å². The van der Waals surface area contributed by atoms with Crippen LogP contribution in [0.2, 0.25) is 0 Å². The molecule has 0 aromatic heterocycles. The number of carbonyl (C=O) groups is 2. The fraction of sp³-hybridized carbons (Fsp3) is 0.692. The Bertz CT molecular complexity index is 936. The lowest BCUT2D eigenvalue weighted by Gasteiger charge is -2.64. The molecular weight excluding hydrogens is 408 g/mol. The van der Waals surface area contributed by atoms with Gasteiger partial charge >= 0.3 is 11.9 Å². The summed E-state index contributed by atoms with van der Waals surface area (Å²) in [6.45, 7) is 12.1. The fourth-order valence-electron chi connectivity index (χ4n) is 7.35. The van der Waals surface area contributed by atoms with E-state index < -0.39 is 17.5 Å². The van der Waals surface area contributed by atoms with Crippen molar-refractivity contribution in [1.29, 1.82) is 0 Å². The quantitative estimate of drug-likeness (QED) is 0.445. The van der Waals surface area contributed by atoms with Crippen molar-refractivity contribution in [3.8, 4) is 17.2 Å². The van der Waals surface area contributed by atoms with Crippen molar-refractivity contribution in [2.75, 3.05) is 7.11 Å². The van der Waals surface area contributed by atoms with Crippen LogP contribution in [0.5, 0.6) is 17.2 Å². The molecule has 0 amide bonds. The third-order valence-corrected chi connectivity index (χ3v) is 8.36. The maximum absolute atomic E-state index is 11.7. The van der Waals surface area contributed by atoms with Gasteiger partial charge in [-0.1, -0.05) is 27.2 Å². The second-order valence-corrected chi connectivity index (χ2v) is 11.0. The van der Waals surface area contributed by atoms with E-state index in [0.29, 0.717) is 11.7 Å². The first-order valence-electron chi connectivity index (χ1n) is 11.7. The van der Waals surface area contributed by atoms with Gasteiger partial charge in [0.05, 0.1) is 6.10 Å². The molecule has 6 heteroatoms. The first-order chi connectivity index (χ1) is 14.9. The predicted molar refractivity (Wildman–Crippen MR) is 120 cm³/mol. The van der Waals surface area contributed by atoms with Crippen molar-refractivity contribution < 1.29 is 28.5 Å². The average Bonchev–Trinajstić information content (AvgIpc) is 2.65. The third kappa shape index (κ3) is 3.60. The zero-order chi connectivity index (χ0) is 23.5. The summed E-state index contributed by atoms with van der Waals surface area (Å²) >= 11 is 0. The second kappa shape index (κ2) is 7.75. The van der Waals surface area contributed by atoms with Gasteiger partial charge in [0.25, 0.3) is 0 Å². The van der Waals surface area contributed by atoms with Crippen LogP contribution in [0.4, 0.5) is 0 Å². The number of methoxy groups -OCH3 is 1. The molecule has 32 heavy (non-hydrogen) atoms. The Morgan fingerprint density at radius 2 is 1.59 bits per heavy atom. The molecule has 176 valence electrons. The van der Waals surface area contributed by atoms with E-state index in [0.717, 1.165) is 24.8 Å². The minimum Gasteiger partial charge on any atom is -0.487 e. The summed E-state index contributed by atoms with van der Waals surface area (Å²) in [6, 6.07) is 3.42. The van der Waals surface area contributed by atoms with Gasteiger partial charge in [-0.3, -0.25) is 9.59 Å². The first kappa shape index (κ1) is 23.1. The van der Waals surface area contributed by atoms with Crippen LogP contribution in [0.25, 0.3) is 0 Å². The number of benzene rings is 1. The SMILES string of the molecule is CO[C@@H]1c2cc(OC(C)=O)c(OC(C)=O)cc2O[C@@]2(C)CCC3C(C)(C)CCC[C@]3(C)[C@@H]12. The van der Waals surface area contributed by atoms with E-state index in [9.17, 15) is 9.59 Å². The monoisotopic (exact) mass is 444 g/mol. The molecule has 2 aliphatic carbocycles. The number of rotatable bonds is 3. The summed E-state index contributed by atoms with van der Waals surface area (Å²) < 4.78 is 23.6. The lowest BCUT2D eigenvalue weighted by atomic mass is 9.44. The summed E-state index contributed by atoms with van der Waals surface area (Å²) in [5.41, 5.74) is 0.772. The summed E-state index contributed by atoms with van der Waals surface area (Å²) in [4.78, 5) is 23.4. The van der Waals surface area contributed by atoms with Crippen molar-refractivity contribution in [3.05, 3.63) is 17.7 Å².